The maximum atomic E-state index is 10.7. The molecule has 0 N–H and O–H groups in total. The minimum Gasteiger partial charge on any atom is -0.494 e. The van der Waals surface area contributed by atoms with Crippen LogP contribution in [0.2, 0.25) is 26.2 Å². The summed E-state index contributed by atoms with van der Waals surface area (Å²) in [6, 6.07) is 14.1. The zero-order valence-corrected chi connectivity index (χ0v) is 18.2. The van der Waals surface area contributed by atoms with Crippen LogP contribution in [-0.4, -0.2) is 41.7 Å². The summed E-state index contributed by atoms with van der Waals surface area (Å²) in [5.41, 5.74) is 1.25. The van der Waals surface area contributed by atoms with Crippen LogP contribution in [-0.2, 0) is 4.12 Å². The largest absolute Gasteiger partial charge is 0.494 e. The Labute approximate surface area is 162 Å². The van der Waals surface area contributed by atoms with E-state index < -0.39 is 16.6 Å². The van der Waals surface area contributed by atoms with Crippen LogP contribution >= 0.6 is 0 Å². The second-order valence-corrected chi connectivity index (χ2v) is 16.0. The van der Waals surface area contributed by atoms with Crippen molar-refractivity contribution in [2.24, 2.45) is 0 Å². The van der Waals surface area contributed by atoms with Crippen molar-refractivity contribution in [2.75, 3.05) is 12.5 Å². The molecule has 0 saturated heterocycles. The molecular weight excluding hydrogens is 376 g/mol. The van der Waals surface area contributed by atoms with Crippen LogP contribution in [0.4, 0.5) is 0 Å². The van der Waals surface area contributed by atoms with Gasteiger partial charge < -0.3 is 13.6 Å². The summed E-state index contributed by atoms with van der Waals surface area (Å²) in [6.07, 6.45) is 2.67. The molecule has 0 unspecified atom stereocenters. The van der Waals surface area contributed by atoms with Gasteiger partial charge in [-0.1, -0.05) is 0 Å². The van der Waals surface area contributed by atoms with E-state index in [0.717, 1.165) is 24.1 Å². The Morgan fingerprint density at radius 3 is 1.30 bits per heavy atom. The normalized spacial score (nSPS) is 11.7. The zero-order valence-electron chi connectivity index (χ0n) is 16.2. The SMILES string of the molecule is C[Si](C)(COc1ccc(C=O)cc1)O[Si](C)(C)COc1ccc(C=O)cc1. The molecule has 0 saturated carbocycles. The number of hydrogen-bond donors (Lipinski definition) is 0. The minimum absolute atomic E-state index is 0.526. The van der Waals surface area contributed by atoms with Crippen molar-refractivity contribution in [2.45, 2.75) is 26.2 Å². The van der Waals surface area contributed by atoms with Crippen LogP contribution in [0.3, 0.4) is 0 Å². The van der Waals surface area contributed by atoms with Crippen molar-refractivity contribution < 1.29 is 23.2 Å². The smallest absolute Gasteiger partial charge is 0.213 e. The molecular formula is C20H26O5Si2. The zero-order chi connectivity index (χ0) is 19.9. The molecule has 0 atom stereocenters. The average molecular weight is 403 g/mol. The van der Waals surface area contributed by atoms with Gasteiger partial charge in [0.15, 0.2) is 0 Å². The maximum absolute atomic E-state index is 10.7. The standard InChI is InChI=1S/C20H26O5Si2/c1-26(2,15-23-19-9-5-17(13-21)6-10-19)25-27(3,4)16-24-20-11-7-18(14-22)8-12-20/h5-14H,15-16H2,1-4H3. The first-order valence-corrected chi connectivity index (χ1v) is 15.0. The summed E-state index contributed by atoms with van der Waals surface area (Å²) in [5, 5.41) is 0. The fourth-order valence-electron chi connectivity index (χ4n) is 2.61. The highest BCUT2D eigenvalue weighted by Gasteiger charge is 2.34. The van der Waals surface area contributed by atoms with Gasteiger partial charge in [0.25, 0.3) is 0 Å². The summed E-state index contributed by atoms with van der Waals surface area (Å²) in [7, 11) is -4.11. The Balaban J connectivity index is 1.86. The molecule has 2 aromatic carbocycles. The number of benzene rings is 2. The summed E-state index contributed by atoms with van der Waals surface area (Å²) < 4.78 is 18.2. The Hall–Kier alpha value is -2.23. The fraction of sp³-hybridized carbons (Fsp3) is 0.300. The predicted octanol–water partition coefficient (Wildman–Crippen LogP) is 4.27. The highest BCUT2D eigenvalue weighted by atomic mass is 28.4. The third kappa shape index (κ3) is 7.12. The van der Waals surface area contributed by atoms with Gasteiger partial charge in [0.05, 0.1) is 0 Å². The van der Waals surface area contributed by atoms with E-state index in [1.54, 1.807) is 48.5 Å². The predicted molar refractivity (Wildman–Crippen MR) is 111 cm³/mol. The van der Waals surface area contributed by atoms with Gasteiger partial charge in [-0.15, -0.1) is 0 Å². The number of carbonyl (C=O) groups is 2. The van der Waals surface area contributed by atoms with Gasteiger partial charge in [-0.25, -0.2) is 0 Å². The van der Waals surface area contributed by atoms with Crippen molar-refractivity contribution in [1.29, 1.82) is 0 Å². The van der Waals surface area contributed by atoms with Crippen molar-refractivity contribution in [3.63, 3.8) is 0 Å². The van der Waals surface area contributed by atoms with E-state index >= 15 is 0 Å². The summed E-state index contributed by atoms with van der Waals surface area (Å²) in [4.78, 5) is 21.4. The molecule has 2 rings (SSSR count). The van der Waals surface area contributed by atoms with Gasteiger partial charge in [-0.3, -0.25) is 9.59 Å². The van der Waals surface area contributed by atoms with Crippen molar-refractivity contribution in [3.05, 3.63) is 59.7 Å². The van der Waals surface area contributed by atoms with Gasteiger partial charge in [0.1, 0.15) is 36.5 Å². The molecule has 0 heterocycles. The van der Waals surface area contributed by atoms with Crippen LogP contribution in [0.25, 0.3) is 0 Å². The van der Waals surface area contributed by atoms with Crippen LogP contribution in [0.1, 0.15) is 20.7 Å². The molecule has 0 aromatic heterocycles. The van der Waals surface area contributed by atoms with Crippen molar-refractivity contribution >= 4 is 29.2 Å². The van der Waals surface area contributed by atoms with E-state index in [9.17, 15) is 9.59 Å². The lowest BCUT2D eigenvalue weighted by molar-refractivity contribution is 0.111. The lowest BCUT2D eigenvalue weighted by Crippen LogP contribution is -2.51. The van der Waals surface area contributed by atoms with Crippen molar-refractivity contribution in [1.82, 2.24) is 0 Å². The molecule has 0 bridgehead atoms. The lowest BCUT2D eigenvalue weighted by Gasteiger charge is -2.33. The Bertz CT molecular complexity index is 689. The topological polar surface area (TPSA) is 61.8 Å². The number of aldehydes is 2. The quantitative estimate of drug-likeness (QED) is 0.439. The molecule has 0 spiro atoms. The van der Waals surface area contributed by atoms with Gasteiger partial charge in [0.2, 0.25) is 16.6 Å². The fourth-order valence-corrected chi connectivity index (χ4v) is 10.1. The van der Waals surface area contributed by atoms with E-state index in [2.05, 4.69) is 26.2 Å². The first kappa shape index (κ1) is 21.1. The van der Waals surface area contributed by atoms with E-state index in [0.29, 0.717) is 23.6 Å². The maximum Gasteiger partial charge on any atom is 0.213 e. The van der Waals surface area contributed by atoms with E-state index in [4.69, 9.17) is 13.6 Å². The van der Waals surface area contributed by atoms with Crippen LogP contribution in [0.5, 0.6) is 11.5 Å². The molecule has 7 heteroatoms. The highest BCUT2D eigenvalue weighted by Crippen LogP contribution is 2.19. The molecule has 27 heavy (non-hydrogen) atoms. The molecule has 0 aliphatic rings. The molecule has 2 aromatic rings. The summed E-state index contributed by atoms with van der Waals surface area (Å²) in [6.45, 7) is 8.50. The second kappa shape index (κ2) is 9.12. The Morgan fingerprint density at radius 1 is 0.667 bits per heavy atom. The van der Waals surface area contributed by atoms with Gasteiger partial charge in [-0.2, -0.15) is 0 Å². The molecule has 144 valence electrons. The molecule has 0 aliphatic carbocycles. The Kier molecular flexibility index (Phi) is 7.12. The lowest BCUT2D eigenvalue weighted by atomic mass is 10.2. The number of carbonyl (C=O) groups excluding carboxylic acids is 2. The van der Waals surface area contributed by atoms with Gasteiger partial charge in [-0.05, 0) is 74.7 Å². The van der Waals surface area contributed by atoms with Gasteiger partial charge >= 0.3 is 0 Å². The number of ether oxygens (including phenoxy) is 2. The summed E-state index contributed by atoms with van der Waals surface area (Å²) in [5.74, 6) is 1.46. The molecule has 0 amide bonds. The van der Waals surface area contributed by atoms with Crippen LogP contribution in [0, 0.1) is 0 Å². The first-order valence-electron chi connectivity index (χ1n) is 8.79. The van der Waals surface area contributed by atoms with Crippen LogP contribution in [0.15, 0.2) is 48.5 Å². The number of hydrogen-bond acceptors (Lipinski definition) is 5. The summed E-state index contributed by atoms with van der Waals surface area (Å²) >= 11 is 0. The molecule has 0 radical (unpaired) electrons. The van der Waals surface area contributed by atoms with Crippen molar-refractivity contribution in [3.8, 4) is 11.5 Å². The van der Waals surface area contributed by atoms with Crippen LogP contribution < -0.4 is 9.47 Å². The molecule has 0 aliphatic heterocycles. The molecule has 5 nitrogen and oxygen atoms in total. The second-order valence-electron chi connectivity index (χ2n) is 7.57. The average Bonchev–Trinajstić information content (AvgIpc) is 2.65. The molecule has 0 fully saturated rings. The minimum atomic E-state index is -2.05. The van der Waals surface area contributed by atoms with E-state index in [-0.39, 0.29) is 0 Å². The van der Waals surface area contributed by atoms with E-state index in [1.165, 1.54) is 0 Å². The third-order valence-electron chi connectivity index (χ3n) is 3.76. The van der Waals surface area contributed by atoms with E-state index in [1.807, 2.05) is 0 Å². The Morgan fingerprint density at radius 2 is 1.00 bits per heavy atom. The number of rotatable bonds is 10. The third-order valence-corrected chi connectivity index (χ3v) is 9.86. The highest BCUT2D eigenvalue weighted by molar-refractivity contribution is 6.84. The van der Waals surface area contributed by atoms with Gasteiger partial charge in [0, 0.05) is 11.1 Å². The first-order chi connectivity index (χ1) is 12.7. The monoisotopic (exact) mass is 402 g/mol.